The number of aromatic carboxylic acids is 1. The average molecular weight is 319 g/mol. The van der Waals surface area contributed by atoms with E-state index in [-0.39, 0.29) is 5.69 Å². The molecule has 0 aliphatic rings. The van der Waals surface area contributed by atoms with Crippen LogP contribution in [0.25, 0.3) is 10.6 Å². The van der Waals surface area contributed by atoms with E-state index in [1.165, 1.54) is 23.1 Å². The number of carboxylic acids is 1. The molecular weight excluding hydrogens is 312 g/mol. The van der Waals surface area contributed by atoms with Crippen LogP contribution in [0.15, 0.2) is 21.1 Å². The zero-order valence-corrected chi connectivity index (χ0v) is 11.4. The fourth-order valence-corrected chi connectivity index (χ4v) is 3.00. The van der Waals surface area contributed by atoms with Gasteiger partial charge in [-0.1, -0.05) is 11.8 Å². The highest BCUT2D eigenvalue weighted by atomic mass is 79.9. The lowest BCUT2D eigenvalue weighted by atomic mass is 10.3. The van der Waals surface area contributed by atoms with Crippen LogP contribution < -0.4 is 0 Å². The largest absolute Gasteiger partial charge is 0.476 e. The molecule has 7 heteroatoms. The summed E-state index contributed by atoms with van der Waals surface area (Å²) in [5.41, 5.74) is 0.631. The van der Waals surface area contributed by atoms with Crippen molar-refractivity contribution in [2.45, 2.75) is 5.16 Å². The van der Waals surface area contributed by atoms with E-state index in [0.29, 0.717) is 10.9 Å². The van der Waals surface area contributed by atoms with Crippen molar-refractivity contribution in [1.29, 1.82) is 0 Å². The maximum atomic E-state index is 11.0. The molecule has 0 unspecified atom stereocenters. The number of hydrogen-bond donors (Lipinski definition) is 2. The Kier molecular flexibility index (Phi) is 3.36. The van der Waals surface area contributed by atoms with Gasteiger partial charge in [0.15, 0.2) is 10.9 Å². The number of thioether (sulfide) groups is 1. The molecule has 2 aromatic heterocycles. The summed E-state index contributed by atoms with van der Waals surface area (Å²) >= 11 is 6.20. The lowest BCUT2D eigenvalue weighted by Crippen LogP contribution is -1.98. The van der Waals surface area contributed by atoms with Crippen molar-refractivity contribution in [2.24, 2.45) is 0 Å². The molecule has 0 amide bonds. The monoisotopic (exact) mass is 318 g/mol. The van der Waals surface area contributed by atoms with E-state index in [1.54, 1.807) is 0 Å². The molecule has 0 spiro atoms. The molecule has 0 aromatic carbocycles. The topological polar surface area (TPSA) is 66.0 Å². The first kappa shape index (κ1) is 11.7. The van der Waals surface area contributed by atoms with Gasteiger partial charge in [0, 0.05) is 0 Å². The molecule has 0 radical (unpaired) electrons. The van der Waals surface area contributed by atoms with Crippen LogP contribution in [0.4, 0.5) is 0 Å². The summed E-state index contributed by atoms with van der Waals surface area (Å²) in [4.78, 5) is 18.9. The summed E-state index contributed by atoms with van der Waals surface area (Å²) in [7, 11) is 0. The van der Waals surface area contributed by atoms with E-state index in [0.717, 1.165) is 8.66 Å². The van der Waals surface area contributed by atoms with Gasteiger partial charge < -0.3 is 10.1 Å². The highest BCUT2D eigenvalue weighted by Crippen LogP contribution is 2.33. The van der Waals surface area contributed by atoms with Crippen molar-refractivity contribution < 1.29 is 9.90 Å². The van der Waals surface area contributed by atoms with E-state index in [4.69, 9.17) is 5.11 Å². The van der Waals surface area contributed by atoms with Crippen molar-refractivity contribution in [3.8, 4) is 10.6 Å². The summed E-state index contributed by atoms with van der Waals surface area (Å²) < 4.78 is 0.958. The third-order valence-corrected chi connectivity index (χ3v) is 4.12. The molecule has 2 heterocycles. The number of halogens is 1. The zero-order chi connectivity index (χ0) is 11.7. The first-order valence-electron chi connectivity index (χ1n) is 4.25. The number of rotatable bonds is 3. The van der Waals surface area contributed by atoms with Crippen LogP contribution in [0.1, 0.15) is 10.5 Å². The lowest BCUT2D eigenvalue weighted by molar-refractivity contribution is 0.0691. The van der Waals surface area contributed by atoms with Crippen LogP contribution in [-0.2, 0) is 0 Å². The van der Waals surface area contributed by atoms with Crippen molar-refractivity contribution in [3.05, 3.63) is 21.6 Å². The van der Waals surface area contributed by atoms with Crippen molar-refractivity contribution in [2.75, 3.05) is 6.26 Å². The predicted molar refractivity (Wildman–Crippen MR) is 68.3 cm³/mol. The summed E-state index contributed by atoms with van der Waals surface area (Å²) in [5.74, 6) is -1.02. The number of thiophene rings is 1. The van der Waals surface area contributed by atoms with Gasteiger partial charge in [0.05, 0.1) is 14.4 Å². The standard InChI is InChI=1S/C9H7BrN2O2S2/c1-15-9-11-6(7(12-9)8(13)14)4-2-3-5(10)16-4/h2-3H,1H3,(H,11,12)(H,13,14). The molecule has 2 rings (SSSR count). The third kappa shape index (κ3) is 2.16. The minimum absolute atomic E-state index is 0.0682. The van der Waals surface area contributed by atoms with Gasteiger partial charge in [-0.3, -0.25) is 0 Å². The van der Waals surface area contributed by atoms with Crippen LogP contribution >= 0.6 is 39.0 Å². The second-order valence-corrected chi connectivity index (χ2v) is 6.14. The molecule has 0 aliphatic heterocycles. The van der Waals surface area contributed by atoms with Gasteiger partial charge in [0.25, 0.3) is 0 Å². The van der Waals surface area contributed by atoms with Gasteiger partial charge in [-0.25, -0.2) is 9.78 Å². The maximum Gasteiger partial charge on any atom is 0.356 e. The SMILES string of the molecule is CSc1nc(C(=O)O)c(-c2ccc(Br)s2)[nH]1. The third-order valence-electron chi connectivity index (χ3n) is 1.90. The van der Waals surface area contributed by atoms with Crippen molar-refractivity contribution >= 4 is 45.0 Å². The molecular formula is C9H7BrN2O2S2. The molecule has 2 N–H and O–H groups in total. The Labute approximate surface area is 108 Å². The first-order chi connectivity index (χ1) is 7.61. The summed E-state index contributed by atoms with van der Waals surface area (Å²) in [6.07, 6.45) is 1.85. The van der Waals surface area contributed by atoms with E-state index in [9.17, 15) is 4.79 Å². The molecule has 0 saturated heterocycles. The second kappa shape index (κ2) is 4.60. The number of nitrogens with one attached hydrogen (secondary N) is 1. The van der Waals surface area contributed by atoms with Crippen LogP contribution in [0, 0.1) is 0 Å². The minimum atomic E-state index is -1.02. The summed E-state index contributed by atoms with van der Waals surface area (Å²) in [5, 5.41) is 9.65. The highest BCUT2D eigenvalue weighted by molar-refractivity contribution is 9.11. The quantitative estimate of drug-likeness (QED) is 0.852. The van der Waals surface area contributed by atoms with Gasteiger partial charge in [-0.15, -0.1) is 11.3 Å². The Balaban J connectivity index is 2.54. The van der Waals surface area contributed by atoms with E-state index in [2.05, 4.69) is 25.9 Å². The molecule has 84 valence electrons. The predicted octanol–water partition coefficient (Wildman–Crippen LogP) is 3.32. The van der Waals surface area contributed by atoms with Crippen molar-refractivity contribution in [3.63, 3.8) is 0 Å². The van der Waals surface area contributed by atoms with Crippen LogP contribution in [0.2, 0.25) is 0 Å². The van der Waals surface area contributed by atoms with Crippen LogP contribution in [-0.4, -0.2) is 27.3 Å². The number of H-pyrrole nitrogens is 1. The number of nitrogens with zero attached hydrogens (tertiary/aromatic N) is 1. The Hall–Kier alpha value is -0.790. The Morgan fingerprint density at radius 2 is 2.38 bits per heavy atom. The zero-order valence-electron chi connectivity index (χ0n) is 8.15. The number of imidazole rings is 1. The molecule has 4 nitrogen and oxygen atoms in total. The number of aromatic amines is 1. The van der Waals surface area contributed by atoms with E-state index < -0.39 is 5.97 Å². The fraction of sp³-hybridized carbons (Fsp3) is 0.111. The maximum absolute atomic E-state index is 11.0. The molecule has 2 aromatic rings. The average Bonchev–Trinajstić information content (AvgIpc) is 2.82. The molecule has 0 saturated carbocycles. The van der Waals surface area contributed by atoms with E-state index >= 15 is 0 Å². The molecule has 16 heavy (non-hydrogen) atoms. The van der Waals surface area contributed by atoms with Gasteiger partial charge >= 0.3 is 5.97 Å². The second-order valence-electron chi connectivity index (χ2n) is 2.88. The smallest absolute Gasteiger partial charge is 0.356 e. The molecule has 0 aliphatic carbocycles. The van der Waals surface area contributed by atoms with Crippen molar-refractivity contribution in [1.82, 2.24) is 9.97 Å². The van der Waals surface area contributed by atoms with Crippen LogP contribution in [0.5, 0.6) is 0 Å². The normalized spacial score (nSPS) is 10.6. The lowest BCUT2D eigenvalue weighted by Gasteiger charge is -1.93. The van der Waals surface area contributed by atoms with E-state index in [1.807, 2.05) is 18.4 Å². The fourth-order valence-electron chi connectivity index (χ4n) is 1.23. The summed E-state index contributed by atoms with van der Waals surface area (Å²) in [6, 6.07) is 3.74. The Bertz CT molecular complexity index is 535. The van der Waals surface area contributed by atoms with Gasteiger partial charge in [0.1, 0.15) is 0 Å². The first-order valence-corrected chi connectivity index (χ1v) is 7.08. The molecule has 0 bridgehead atoms. The summed E-state index contributed by atoms with van der Waals surface area (Å²) in [6.45, 7) is 0. The minimum Gasteiger partial charge on any atom is -0.476 e. The Morgan fingerprint density at radius 3 is 2.88 bits per heavy atom. The highest BCUT2D eigenvalue weighted by Gasteiger charge is 2.18. The number of carboxylic acid groups (broad SMARTS) is 1. The van der Waals surface area contributed by atoms with Gasteiger partial charge in [-0.2, -0.15) is 0 Å². The Morgan fingerprint density at radius 1 is 1.62 bits per heavy atom. The number of hydrogen-bond acceptors (Lipinski definition) is 4. The molecule has 0 atom stereocenters. The molecule has 0 fully saturated rings. The number of carbonyl (C=O) groups is 1. The van der Waals surface area contributed by atoms with Gasteiger partial charge in [0.2, 0.25) is 0 Å². The van der Waals surface area contributed by atoms with Crippen LogP contribution in [0.3, 0.4) is 0 Å². The van der Waals surface area contributed by atoms with Gasteiger partial charge in [-0.05, 0) is 34.3 Å². The number of aromatic nitrogens is 2.